The zero-order valence-corrected chi connectivity index (χ0v) is 10.0. The molecule has 86 valence electrons. The summed E-state index contributed by atoms with van der Waals surface area (Å²) in [5.41, 5.74) is 6.01. The molecule has 5 heteroatoms. The normalized spacial score (nSPS) is 9.81. The molecule has 0 saturated heterocycles. The number of nitrogens with zero attached hydrogens (tertiary/aromatic N) is 2. The van der Waals surface area contributed by atoms with Crippen molar-refractivity contribution in [1.29, 1.82) is 0 Å². The molecule has 4 nitrogen and oxygen atoms in total. The van der Waals surface area contributed by atoms with Gasteiger partial charge < -0.3 is 10.6 Å². The number of hydrogen-bond donors (Lipinski definition) is 1. The number of carbonyl (C=O) groups is 1. The molecule has 0 aliphatic carbocycles. The number of carbonyl (C=O) groups excluding carboxylic acids is 1. The Morgan fingerprint density at radius 1 is 1.62 bits per heavy atom. The van der Waals surface area contributed by atoms with Gasteiger partial charge in [-0.3, -0.25) is 9.78 Å². The van der Waals surface area contributed by atoms with E-state index >= 15 is 0 Å². The molecule has 0 bridgehead atoms. The standard InChI is InChI=1S/C11H15N3OS/c1-2-14(7-5-10(12)16)11(15)9-4-3-6-13-8-9/h3-4,6,8H,2,5,7H2,1H3,(H2,12,16). The van der Waals surface area contributed by atoms with Crippen LogP contribution in [0.3, 0.4) is 0 Å². The highest BCUT2D eigenvalue weighted by atomic mass is 32.1. The van der Waals surface area contributed by atoms with Crippen molar-refractivity contribution in [3.05, 3.63) is 30.1 Å². The molecule has 0 radical (unpaired) electrons. The van der Waals surface area contributed by atoms with Crippen molar-refractivity contribution < 1.29 is 4.79 Å². The first kappa shape index (κ1) is 12.6. The lowest BCUT2D eigenvalue weighted by molar-refractivity contribution is 0.0768. The first-order valence-electron chi connectivity index (χ1n) is 5.12. The topological polar surface area (TPSA) is 59.2 Å². The Morgan fingerprint density at radius 3 is 2.88 bits per heavy atom. The van der Waals surface area contributed by atoms with Crippen LogP contribution in [0.15, 0.2) is 24.5 Å². The number of aromatic nitrogens is 1. The lowest BCUT2D eigenvalue weighted by atomic mass is 10.2. The SMILES string of the molecule is CCN(CCC(N)=S)C(=O)c1cccnc1. The van der Waals surface area contributed by atoms with E-state index in [1.807, 2.05) is 6.92 Å². The summed E-state index contributed by atoms with van der Waals surface area (Å²) in [6, 6.07) is 3.49. The van der Waals surface area contributed by atoms with Gasteiger partial charge in [-0.1, -0.05) is 12.2 Å². The third-order valence-electron chi connectivity index (χ3n) is 2.21. The van der Waals surface area contributed by atoms with Gasteiger partial charge in [0.2, 0.25) is 0 Å². The molecular weight excluding hydrogens is 222 g/mol. The van der Waals surface area contributed by atoms with Crippen LogP contribution in [0, 0.1) is 0 Å². The van der Waals surface area contributed by atoms with Gasteiger partial charge in [0.1, 0.15) is 0 Å². The van der Waals surface area contributed by atoms with Gasteiger partial charge in [-0.2, -0.15) is 0 Å². The van der Waals surface area contributed by atoms with Crippen molar-refractivity contribution in [2.45, 2.75) is 13.3 Å². The van der Waals surface area contributed by atoms with Crippen LogP contribution in [0.25, 0.3) is 0 Å². The van der Waals surface area contributed by atoms with E-state index in [4.69, 9.17) is 18.0 Å². The van der Waals surface area contributed by atoms with Gasteiger partial charge in [0.25, 0.3) is 5.91 Å². The molecule has 16 heavy (non-hydrogen) atoms. The van der Waals surface area contributed by atoms with Gasteiger partial charge in [0, 0.05) is 31.9 Å². The molecule has 0 saturated carbocycles. The van der Waals surface area contributed by atoms with E-state index in [0.717, 1.165) is 0 Å². The van der Waals surface area contributed by atoms with Crippen molar-refractivity contribution in [2.75, 3.05) is 13.1 Å². The average Bonchev–Trinajstić information content (AvgIpc) is 2.30. The van der Waals surface area contributed by atoms with Crippen LogP contribution >= 0.6 is 12.2 Å². The third kappa shape index (κ3) is 3.58. The second-order valence-corrected chi connectivity index (χ2v) is 3.87. The first-order valence-corrected chi connectivity index (χ1v) is 5.53. The summed E-state index contributed by atoms with van der Waals surface area (Å²) >= 11 is 4.79. The monoisotopic (exact) mass is 237 g/mol. The predicted molar refractivity (Wildman–Crippen MR) is 67.2 cm³/mol. The number of hydrogen-bond acceptors (Lipinski definition) is 3. The summed E-state index contributed by atoms with van der Waals surface area (Å²) < 4.78 is 0. The van der Waals surface area contributed by atoms with Crippen LogP contribution in [0.4, 0.5) is 0 Å². The largest absolute Gasteiger partial charge is 0.393 e. The highest BCUT2D eigenvalue weighted by molar-refractivity contribution is 7.80. The Hall–Kier alpha value is -1.49. The average molecular weight is 237 g/mol. The zero-order chi connectivity index (χ0) is 12.0. The van der Waals surface area contributed by atoms with Crippen LogP contribution in [0.1, 0.15) is 23.7 Å². The quantitative estimate of drug-likeness (QED) is 0.782. The molecule has 0 spiro atoms. The Labute approximate surface area is 100 Å². The molecule has 1 rings (SSSR count). The molecule has 1 heterocycles. The number of rotatable bonds is 5. The van der Waals surface area contributed by atoms with Gasteiger partial charge in [-0.25, -0.2) is 0 Å². The molecule has 0 unspecified atom stereocenters. The molecule has 0 atom stereocenters. The second-order valence-electron chi connectivity index (χ2n) is 3.34. The van der Waals surface area contributed by atoms with E-state index in [1.54, 1.807) is 29.4 Å². The minimum Gasteiger partial charge on any atom is -0.393 e. The van der Waals surface area contributed by atoms with Crippen molar-refractivity contribution >= 4 is 23.1 Å². The Morgan fingerprint density at radius 2 is 2.38 bits per heavy atom. The summed E-state index contributed by atoms with van der Waals surface area (Å²) in [5.74, 6) is -0.0353. The summed E-state index contributed by atoms with van der Waals surface area (Å²) in [5, 5.41) is 0. The Kier molecular flexibility index (Phi) is 4.85. The minimum atomic E-state index is -0.0353. The summed E-state index contributed by atoms with van der Waals surface area (Å²) in [7, 11) is 0. The number of amides is 1. The van der Waals surface area contributed by atoms with E-state index in [1.165, 1.54) is 0 Å². The number of pyridine rings is 1. The summed E-state index contributed by atoms with van der Waals surface area (Å²) in [6.45, 7) is 3.11. The fraction of sp³-hybridized carbons (Fsp3) is 0.364. The van der Waals surface area contributed by atoms with Gasteiger partial charge >= 0.3 is 0 Å². The molecule has 1 amide bonds. The minimum absolute atomic E-state index is 0.0353. The molecular formula is C11H15N3OS. The van der Waals surface area contributed by atoms with Gasteiger partial charge in [-0.05, 0) is 19.1 Å². The highest BCUT2D eigenvalue weighted by Gasteiger charge is 2.13. The maximum atomic E-state index is 12.0. The van der Waals surface area contributed by atoms with Crippen LogP contribution in [-0.2, 0) is 0 Å². The Balaban J connectivity index is 2.66. The van der Waals surface area contributed by atoms with Crippen LogP contribution in [-0.4, -0.2) is 33.9 Å². The van der Waals surface area contributed by atoms with Gasteiger partial charge in [0.05, 0.1) is 10.6 Å². The first-order chi connectivity index (χ1) is 7.65. The van der Waals surface area contributed by atoms with E-state index in [9.17, 15) is 4.79 Å². The lowest BCUT2D eigenvalue weighted by Crippen LogP contribution is -2.33. The van der Waals surface area contributed by atoms with Crippen molar-refractivity contribution in [2.24, 2.45) is 5.73 Å². The van der Waals surface area contributed by atoms with Crippen molar-refractivity contribution in [3.8, 4) is 0 Å². The van der Waals surface area contributed by atoms with Gasteiger partial charge in [-0.15, -0.1) is 0 Å². The molecule has 1 aromatic heterocycles. The van der Waals surface area contributed by atoms with E-state index < -0.39 is 0 Å². The van der Waals surface area contributed by atoms with Crippen LogP contribution < -0.4 is 5.73 Å². The van der Waals surface area contributed by atoms with Crippen LogP contribution in [0.2, 0.25) is 0 Å². The molecule has 2 N–H and O–H groups in total. The van der Waals surface area contributed by atoms with E-state index in [-0.39, 0.29) is 5.91 Å². The molecule has 1 aromatic rings. The van der Waals surface area contributed by atoms with Gasteiger partial charge in [0.15, 0.2) is 0 Å². The molecule has 0 aliphatic rings. The van der Waals surface area contributed by atoms with Crippen molar-refractivity contribution in [3.63, 3.8) is 0 Å². The maximum Gasteiger partial charge on any atom is 0.255 e. The smallest absolute Gasteiger partial charge is 0.255 e. The lowest BCUT2D eigenvalue weighted by Gasteiger charge is -2.20. The molecule has 0 aromatic carbocycles. The van der Waals surface area contributed by atoms with E-state index in [2.05, 4.69) is 4.98 Å². The Bertz CT molecular complexity index is 367. The maximum absolute atomic E-state index is 12.0. The zero-order valence-electron chi connectivity index (χ0n) is 9.22. The third-order valence-corrected chi connectivity index (χ3v) is 2.41. The van der Waals surface area contributed by atoms with Crippen molar-refractivity contribution in [1.82, 2.24) is 9.88 Å². The summed E-state index contributed by atoms with van der Waals surface area (Å²) in [4.78, 5) is 18.0. The van der Waals surface area contributed by atoms with E-state index in [0.29, 0.717) is 30.1 Å². The second kappa shape index (κ2) is 6.17. The fourth-order valence-corrected chi connectivity index (χ4v) is 1.41. The fourth-order valence-electron chi connectivity index (χ4n) is 1.32. The number of thiocarbonyl (C=S) groups is 1. The van der Waals surface area contributed by atoms with Crippen LogP contribution in [0.5, 0.6) is 0 Å². The summed E-state index contributed by atoms with van der Waals surface area (Å²) in [6.07, 6.45) is 3.75. The predicted octanol–water partition coefficient (Wildman–Crippen LogP) is 1.22. The molecule has 0 fully saturated rings. The molecule has 0 aliphatic heterocycles. The highest BCUT2D eigenvalue weighted by Crippen LogP contribution is 2.03. The number of nitrogens with two attached hydrogens (primary N) is 1.